The molecule has 4 rings (SSSR count). The molecule has 0 amide bonds. The number of hydrogen-bond acceptors (Lipinski definition) is 6. The van der Waals surface area contributed by atoms with E-state index in [4.69, 9.17) is 27.9 Å². The van der Waals surface area contributed by atoms with E-state index in [9.17, 15) is 8.42 Å². The fourth-order valence-electron chi connectivity index (χ4n) is 2.91. The molecule has 1 aromatic heterocycles. The molecule has 0 saturated heterocycles. The number of nitrogens with zero attached hydrogens (tertiary/aromatic N) is 2. The first kappa shape index (κ1) is 18.6. The molecule has 9 heteroatoms. The van der Waals surface area contributed by atoms with Crippen LogP contribution in [0, 0.1) is 0 Å². The van der Waals surface area contributed by atoms with Crippen LogP contribution in [0.1, 0.15) is 5.01 Å². The lowest BCUT2D eigenvalue weighted by Gasteiger charge is -2.32. The van der Waals surface area contributed by atoms with Crippen molar-refractivity contribution in [3.63, 3.8) is 0 Å². The van der Waals surface area contributed by atoms with Gasteiger partial charge in [0.05, 0.1) is 27.8 Å². The van der Waals surface area contributed by atoms with Crippen LogP contribution in [0.5, 0.6) is 5.75 Å². The van der Waals surface area contributed by atoms with Crippen molar-refractivity contribution < 1.29 is 13.2 Å². The van der Waals surface area contributed by atoms with E-state index in [2.05, 4.69) is 4.98 Å². The van der Waals surface area contributed by atoms with Gasteiger partial charge in [0, 0.05) is 22.7 Å². The molecule has 2 heterocycles. The highest BCUT2D eigenvalue weighted by Crippen LogP contribution is 2.41. The van der Waals surface area contributed by atoms with Crippen LogP contribution in [0.2, 0.25) is 10.0 Å². The van der Waals surface area contributed by atoms with Crippen LogP contribution in [0.4, 0.5) is 11.4 Å². The topological polar surface area (TPSA) is 59.5 Å². The Morgan fingerprint density at radius 3 is 2.78 bits per heavy atom. The molecule has 0 spiro atoms. The van der Waals surface area contributed by atoms with Gasteiger partial charge in [-0.2, -0.15) is 0 Å². The third kappa shape index (κ3) is 3.78. The number of sulfone groups is 1. The molecule has 0 saturated carbocycles. The van der Waals surface area contributed by atoms with Gasteiger partial charge in [0.2, 0.25) is 0 Å². The average molecular weight is 441 g/mol. The van der Waals surface area contributed by atoms with E-state index in [0.717, 1.165) is 11.4 Å². The maximum atomic E-state index is 12.7. The van der Waals surface area contributed by atoms with Crippen molar-refractivity contribution in [2.45, 2.75) is 10.6 Å². The number of rotatable bonds is 4. The molecule has 0 radical (unpaired) electrons. The number of aromatic nitrogens is 1. The Morgan fingerprint density at radius 1 is 1.15 bits per heavy atom. The van der Waals surface area contributed by atoms with Crippen molar-refractivity contribution in [3.8, 4) is 5.75 Å². The molecule has 0 fully saturated rings. The van der Waals surface area contributed by atoms with Crippen molar-refractivity contribution in [1.82, 2.24) is 4.98 Å². The Labute approximate surface area is 171 Å². The lowest BCUT2D eigenvalue weighted by molar-refractivity contribution is 0.313. The second kappa shape index (κ2) is 7.31. The zero-order valence-corrected chi connectivity index (χ0v) is 17.1. The minimum absolute atomic E-state index is 0.132. The van der Waals surface area contributed by atoms with Crippen LogP contribution < -0.4 is 9.64 Å². The Kier molecular flexibility index (Phi) is 5.03. The van der Waals surface area contributed by atoms with Crippen molar-refractivity contribution in [3.05, 3.63) is 63.0 Å². The Morgan fingerprint density at radius 2 is 2.00 bits per heavy atom. The van der Waals surface area contributed by atoms with Gasteiger partial charge in [-0.3, -0.25) is 0 Å². The molecule has 5 nitrogen and oxygen atoms in total. The van der Waals surface area contributed by atoms with E-state index in [-0.39, 0.29) is 10.6 Å². The number of ether oxygens (including phenoxy) is 1. The number of fused-ring (bicyclic) bond motifs is 1. The maximum absolute atomic E-state index is 12.7. The van der Waals surface area contributed by atoms with E-state index in [1.54, 1.807) is 48.0 Å². The molecule has 0 unspecified atom stereocenters. The normalized spacial score (nSPS) is 13.9. The van der Waals surface area contributed by atoms with Gasteiger partial charge in [0.1, 0.15) is 23.1 Å². The van der Waals surface area contributed by atoms with Gasteiger partial charge in [-0.15, -0.1) is 11.3 Å². The molecule has 0 bridgehead atoms. The van der Waals surface area contributed by atoms with E-state index in [1.165, 1.54) is 11.3 Å². The summed E-state index contributed by atoms with van der Waals surface area (Å²) in [5, 5.41) is 3.45. The summed E-state index contributed by atoms with van der Waals surface area (Å²) in [6, 6.07) is 10.1. The highest BCUT2D eigenvalue weighted by Gasteiger charge is 2.25. The second-order valence-corrected chi connectivity index (χ2v) is 9.72. The van der Waals surface area contributed by atoms with Gasteiger partial charge in [-0.25, -0.2) is 13.4 Å². The van der Waals surface area contributed by atoms with Gasteiger partial charge in [0.15, 0.2) is 9.84 Å². The summed E-state index contributed by atoms with van der Waals surface area (Å²) in [7, 11) is -3.51. The molecule has 0 aliphatic carbocycles. The zero-order chi connectivity index (χ0) is 19.0. The van der Waals surface area contributed by atoms with E-state index >= 15 is 0 Å². The predicted molar refractivity (Wildman–Crippen MR) is 108 cm³/mol. The van der Waals surface area contributed by atoms with Crippen LogP contribution in [0.25, 0.3) is 0 Å². The number of halogens is 2. The third-order valence-corrected chi connectivity index (χ3v) is 7.29. The summed E-state index contributed by atoms with van der Waals surface area (Å²) >= 11 is 13.8. The van der Waals surface area contributed by atoms with Crippen molar-refractivity contribution in [2.24, 2.45) is 0 Å². The highest BCUT2D eigenvalue weighted by atomic mass is 35.5. The lowest BCUT2D eigenvalue weighted by Crippen LogP contribution is -2.29. The SMILES string of the molecule is O=S(=O)(Cc1nccs1)c1ccc2c(c1)OCCN2c1cc(Cl)ccc1Cl. The summed E-state index contributed by atoms with van der Waals surface area (Å²) in [5.41, 5.74) is 1.51. The van der Waals surface area contributed by atoms with Crippen LogP contribution >= 0.6 is 34.5 Å². The fourth-order valence-corrected chi connectivity index (χ4v) is 5.56. The molecule has 140 valence electrons. The quantitative estimate of drug-likeness (QED) is 0.573. The van der Waals surface area contributed by atoms with E-state index in [1.807, 2.05) is 4.90 Å². The molecule has 2 aromatic carbocycles. The molecule has 0 N–H and O–H groups in total. The highest BCUT2D eigenvalue weighted by molar-refractivity contribution is 7.90. The zero-order valence-electron chi connectivity index (χ0n) is 13.9. The standard InChI is InChI=1S/C18H14Cl2N2O3S2/c19-12-1-3-14(20)16(9-12)22-6-7-25-17-10-13(2-4-15(17)22)27(23,24)11-18-21-5-8-26-18/h1-5,8-10H,6-7,11H2. The number of benzene rings is 2. The molecule has 1 aliphatic heterocycles. The first-order valence-corrected chi connectivity index (χ1v) is 11.3. The average Bonchev–Trinajstić information content (AvgIpc) is 3.15. The Bertz CT molecular complexity index is 1090. The summed E-state index contributed by atoms with van der Waals surface area (Å²) < 4.78 is 31.1. The summed E-state index contributed by atoms with van der Waals surface area (Å²) in [6.45, 7) is 0.990. The van der Waals surface area contributed by atoms with Gasteiger partial charge in [-0.05, 0) is 30.3 Å². The van der Waals surface area contributed by atoms with E-state index in [0.29, 0.717) is 34.0 Å². The predicted octanol–water partition coefficient (Wildman–Crippen LogP) is 4.95. The smallest absolute Gasteiger partial charge is 0.185 e. The molecular formula is C18H14Cl2N2O3S2. The maximum Gasteiger partial charge on any atom is 0.185 e. The van der Waals surface area contributed by atoms with E-state index < -0.39 is 9.84 Å². The van der Waals surface area contributed by atoms with Crippen molar-refractivity contribution in [1.29, 1.82) is 0 Å². The van der Waals surface area contributed by atoms with Gasteiger partial charge >= 0.3 is 0 Å². The second-order valence-electron chi connectivity index (χ2n) is 5.91. The number of thiazole rings is 1. The molecular weight excluding hydrogens is 427 g/mol. The monoisotopic (exact) mass is 440 g/mol. The molecule has 1 aliphatic rings. The Balaban J connectivity index is 1.71. The summed E-state index contributed by atoms with van der Waals surface area (Å²) in [5.74, 6) is 0.366. The van der Waals surface area contributed by atoms with Crippen molar-refractivity contribution >= 4 is 55.8 Å². The Hall–Kier alpha value is -1.80. The van der Waals surface area contributed by atoms with Crippen LogP contribution in [-0.4, -0.2) is 26.6 Å². The minimum atomic E-state index is -3.51. The third-order valence-electron chi connectivity index (χ3n) is 4.15. The fraction of sp³-hybridized carbons (Fsp3) is 0.167. The number of anilines is 2. The van der Waals surface area contributed by atoms with Crippen LogP contribution in [0.3, 0.4) is 0 Å². The molecule has 3 aromatic rings. The number of hydrogen-bond donors (Lipinski definition) is 0. The minimum Gasteiger partial charge on any atom is -0.489 e. The molecule has 27 heavy (non-hydrogen) atoms. The van der Waals surface area contributed by atoms with Gasteiger partial charge < -0.3 is 9.64 Å². The molecule has 0 atom stereocenters. The lowest BCUT2D eigenvalue weighted by atomic mass is 10.2. The van der Waals surface area contributed by atoms with Crippen molar-refractivity contribution in [2.75, 3.05) is 18.1 Å². The van der Waals surface area contributed by atoms with Gasteiger partial charge in [-0.1, -0.05) is 23.2 Å². The first-order valence-electron chi connectivity index (χ1n) is 8.04. The van der Waals surface area contributed by atoms with Gasteiger partial charge in [0.25, 0.3) is 0 Å². The van der Waals surface area contributed by atoms with Crippen LogP contribution in [0.15, 0.2) is 52.9 Å². The summed E-state index contributed by atoms with van der Waals surface area (Å²) in [6.07, 6.45) is 1.60. The van der Waals surface area contributed by atoms with Crippen LogP contribution in [-0.2, 0) is 15.6 Å². The summed E-state index contributed by atoms with van der Waals surface area (Å²) in [4.78, 5) is 6.24. The largest absolute Gasteiger partial charge is 0.489 e. The first-order chi connectivity index (χ1) is 12.9.